The normalized spacial score (nSPS) is 23.2. The number of hydrogen-bond donors (Lipinski definition) is 1. The van der Waals surface area contributed by atoms with Gasteiger partial charge in [0.05, 0.1) is 11.7 Å². The molecular weight excluding hydrogens is 224 g/mol. The summed E-state index contributed by atoms with van der Waals surface area (Å²) in [6, 6.07) is 8.00. The second kappa shape index (κ2) is 4.58. The van der Waals surface area contributed by atoms with Crippen LogP contribution in [0.5, 0.6) is 5.75 Å². The molecule has 2 nitrogen and oxygen atoms in total. The topological polar surface area (TPSA) is 29.5 Å². The van der Waals surface area contributed by atoms with Gasteiger partial charge < -0.3 is 9.84 Å². The maximum Gasteiger partial charge on any atom is 0.119 e. The van der Waals surface area contributed by atoms with Crippen molar-refractivity contribution in [3.63, 3.8) is 0 Å². The van der Waals surface area contributed by atoms with E-state index in [9.17, 15) is 5.11 Å². The molecule has 1 unspecified atom stereocenters. The zero-order chi connectivity index (χ0) is 12.6. The summed E-state index contributed by atoms with van der Waals surface area (Å²) in [7, 11) is 0. The van der Waals surface area contributed by atoms with Crippen molar-refractivity contribution in [2.24, 2.45) is 5.92 Å². The number of aliphatic hydroxyl groups is 1. The lowest BCUT2D eigenvalue weighted by molar-refractivity contribution is 0.0161. The minimum atomic E-state index is -0.691. The van der Waals surface area contributed by atoms with E-state index in [2.05, 4.69) is 0 Å². The van der Waals surface area contributed by atoms with Crippen LogP contribution in [0.3, 0.4) is 0 Å². The highest BCUT2D eigenvalue weighted by Crippen LogP contribution is 2.38. The number of ether oxygens (including phenoxy) is 1. The van der Waals surface area contributed by atoms with E-state index in [4.69, 9.17) is 4.74 Å². The van der Waals surface area contributed by atoms with E-state index in [1.54, 1.807) is 0 Å². The highest BCUT2D eigenvalue weighted by atomic mass is 16.5. The van der Waals surface area contributed by atoms with Gasteiger partial charge in [-0.3, -0.25) is 0 Å². The van der Waals surface area contributed by atoms with E-state index in [0.29, 0.717) is 12.0 Å². The van der Waals surface area contributed by atoms with E-state index in [1.165, 1.54) is 32.1 Å². The Hall–Kier alpha value is -1.02. The fourth-order valence-electron chi connectivity index (χ4n) is 2.65. The van der Waals surface area contributed by atoms with E-state index >= 15 is 0 Å². The van der Waals surface area contributed by atoms with Crippen LogP contribution in [0.25, 0.3) is 0 Å². The first kappa shape index (κ1) is 12.0. The van der Waals surface area contributed by atoms with Crippen LogP contribution < -0.4 is 4.74 Å². The first-order valence-corrected chi connectivity index (χ1v) is 7.13. The SMILES string of the molecule is CC(O)(CC1CCC1)c1ccc(OC2CC2)cc1. The summed E-state index contributed by atoms with van der Waals surface area (Å²) in [4.78, 5) is 0. The molecule has 0 aliphatic heterocycles. The molecule has 0 saturated heterocycles. The summed E-state index contributed by atoms with van der Waals surface area (Å²) < 4.78 is 5.72. The fraction of sp³-hybridized carbons (Fsp3) is 0.625. The Morgan fingerprint density at radius 2 is 1.83 bits per heavy atom. The smallest absolute Gasteiger partial charge is 0.119 e. The summed E-state index contributed by atoms with van der Waals surface area (Å²) >= 11 is 0. The number of benzene rings is 1. The van der Waals surface area contributed by atoms with Crippen LogP contribution in [-0.4, -0.2) is 11.2 Å². The minimum absolute atomic E-state index is 0.436. The Labute approximate surface area is 109 Å². The quantitative estimate of drug-likeness (QED) is 0.859. The zero-order valence-electron chi connectivity index (χ0n) is 11.1. The van der Waals surface area contributed by atoms with Crippen molar-refractivity contribution in [2.45, 2.75) is 57.2 Å². The lowest BCUT2D eigenvalue weighted by Crippen LogP contribution is -2.27. The lowest BCUT2D eigenvalue weighted by Gasteiger charge is -2.33. The van der Waals surface area contributed by atoms with Gasteiger partial charge in [-0.15, -0.1) is 0 Å². The van der Waals surface area contributed by atoms with Gasteiger partial charge in [-0.05, 0) is 49.8 Å². The van der Waals surface area contributed by atoms with Crippen LogP contribution in [0.15, 0.2) is 24.3 Å². The van der Waals surface area contributed by atoms with Crippen LogP contribution in [0, 0.1) is 5.92 Å². The molecule has 0 radical (unpaired) electrons. The molecule has 98 valence electrons. The lowest BCUT2D eigenvalue weighted by atomic mass is 9.76. The van der Waals surface area contributed by atoms with Gasteiger partial charge in [-0.25, -0.2) is 0 Å². The Bertz CT molecular complexity index is 400. The maximum atomic E-state index is 10.6. The van der Waals surface area contributed by atoms with E-state index in [-0.39, 0.29) is 0 Å². The van der Waals surface area contributed by atoms with Crippen LogP contribution in [0.1, 0.15) is 51.0 Å². The Kier molecular flexibility index (Phi) is 3.06. The first-order valence-electron chi connectivity index (χ1n) is 7.13. The second-order valence-electron chi connectivity index (χ2n) is 6.12. The molecule has 0 amide bonds. The molecule has 1 N–H and O–H groups in total. The molecule has 2 saturated carbocycles. The van der Waals surface area contributed by atoms with Crippen molar-refractivity contribution in [1.82, 2.24) is 0 Å². The molecule has 0 spiro atoms. The molecule has 3 rings (SSSR count). The summed E-state index contributed by atoms with van der Waals surface area (Å²) in [5.74, 6) is 1.64. The van der Waals surface area contributed by atoms with Crippen LogP contribution in [0.4, 0.5) is 0 Å². The molecule has 2 aliphatic rings. The molecule has 1 aromatic carbocycles. The summed E-state index contributed by atoms with van der Waals surface area (Å²) in [6.45, 7) is 1.93. The molecule has 2 fully saturated rings. The van der Waals surface area contributed by atoms with Gasteiger partial charge in [0.25, 0.3) is 0 Å². The zero-order valence-corrected chi connectivity index (χ0v) is 11.1. The highest BCUT2D eigenvalue weighted by molar-refractivity contribution is 5.31. The van der Waals surface area contributed by atoms with Crippen molar-refractivity contribution in [1.29, 1.82) is 0 Å². The van der Waals surface area contributed by atoms with Crippen LogP contribution >= 0.6 is 0 Å². The van der Waals surface area contributed by atoms with Gasteiger partial charge in [0, 0.05) is 0 Å². The van der Waals surface area contributed by atoms with Crippen molar-refractivity contribution < 1.29 is 9.84 Å². The predicted molar refractivity (Wildman–Crippen MR) is 71.6 cm³/mol. The molecule has 2 aliphatic carbocycles. The van der Waals surface area contributed by atoms with Crippen LogP contribution in [0.2, 0.25) is 0 Å². The third-order valence-corrected chi connectivity index (χ3v) is 4.21. The fourth-order valence-corrected chi connectivity index (χ4v) is 2.65. The molecule has 0 aromatic heterocycles. The Morgan fingerprint density at radius 3 is 2.33 bits per heavy atom. The van der Waals surface area contributed by atoms with Crippen molar-refractivity contribution in [3.05, 3.63) is 29.8 Å². The molecule has 18 heavy (non-hydrogen) atoms. The van der Waals surface area contributed by atoms with Gasteiger partial charge in [0.2, 0.25) is 0 Å². The second-order valence-corrected chi connectivity index (χ2v) is 6.12. The van der Waals surface area contributed by atoms with Gasteiger partial charge in [0.1, 0.15) is 5.75 Å². The van der Waals surface area contributed by atoms with E-state index < -0.39 is 5.60 Å². The van der Waals surface area contributed by atoms with Crippen molar-refractivity contribution >= 4 is 0 Å². The number of hydrogen-bond acceptors (Lipinski definition) is 2. The monoisotopic (exact) mass is 246 g/mol. The Morgan fingerprint density at radius 1 is 1.17 bits per heavy atom. The van der Waals surface area contributed by atoms with Gasteiger partial charge >= 0.3 is 0 Å². The summed E-state index contributed by atoms with van der Waals surface area (Å²) in [5, 5.41) is 10.6. The van der Waals surface area contributed by atoms with Gasteiger partial charge in [-0.2, -0.15) is 0 Å². The molecule has 0 bridgehead atoms. The Balaban J connectivity index is 1.65. The first-order chi connectivity index (χ1) is 8.63. The largest absolute Gasteiger partial charge is 0.490 e. The van der Waals surface area contributed by atoms with Crippen molar-refractivity contribution in [3.8, 4) is 5.75 Å². The van der Waals surface area contributed by atoms with Crippen molar-refractivity contribution in [2.75, 3.05) is 0 Å². The molecule has 2 heteroatoms. The molecule has 1 aromatic rings. The average molecular weight is 246 g/mol. The summed E-state index contributed by atoms with van der Waals surface area (Å²) in [5.41, 5.74) is 0.320. The van der Waals surface area contributed by atoms with E-state index in [0.717, 1.165) is 17.7 Å². The third-order valence-electron chi connectivity index (χ3n) is 4.21. The maximum absolute atomic E-state index is 10.6. The highest BCUT2D eigenvalue weighted by Gasteiger charge is 2.30. The van der Waals surface area contributed by atoms with Gasteiger partial charge in [-0.1, -0.05) is 31.4 Å². The summed E-state index contributed by atoms with van der Waals surface area (Å²) in [6.07, 6.45) is 7.57. The average Bonchev–Trinajstić information content (AvgIpc) is 3.09. The number of rotatable bonds is 5. The third kappa shape index (κ3) is 2.69. The van der Waals surface area contributed by atoms with Crippen LogP contribution in [-0.2, 0) is 5.60 Å². The predicted octanol–water partition coefficient (Wildman–Crippen LogP) is 3.63. The molecule has 1 atom stereocenters. The molecule has 0 heterocycles. The molecular formula is C16H22O2. The minimum Gasteiger partial charge on any atom is -0.490 e. The standard InChI is InChI=1S/C16H22O2/c1-16(17,11-12-3-2-4-12)13-5-7-14(8-6-13)18-15-9-10-15/h5-8,12,15,17H,2-4,9-11H2,1H3. The van der Waals surface area contributed by atoms with E-state index in [1.807, 2.05) is 31.2 Å². The van der Waals surface area contributed by atoms with Gasteiger partial charge in [0.15, 0.2) is 0 Å².